The molecule has 4 aliphatic carbocycles. The van der Waals surface area contributed by atoms with Gasteiger partial charge in [0.15, 0.2) is 16.6 Å². The molecule has 7 atom stereocenters. The Kier molecular flexibility index (Phi) is 8.81. The molecule has 0 radical (unpaired) electrons. The van der Waals surface area contributed by atoms with Gasteiger partial charge in [0.1, 0.15) is 0 Å². The smallest absolute Gasteiger partial charge is 0.192 e. The molecule has 0 aromatic rings. The molecular weight excluding hydrogens is 533 g/mol. The fourth-order valence-electron chi connectivity index (χ4n) is 8.23. The van der Waals surface area contributed by atoms with Crippen LogP contribution in [-0.2, 0) is 8.85 Å². The molecule has 0 aliphatic heterocycles. The molecule has 230 valence electrons. The van der Waals surface area contributed by atoms with Crippen LogP contribution in [0.15, 0.2) is 34.9 Å². The summed E-state index contributed by atoms with van der Waals surface area (Å²) in [5.41, 5.74) is 5.26. The Hall–Kier alpha value is -0.866. The summed E-state index contributed by atoms with van der Waals surface area (Å²) >= 11 is 0. The van der Waals surface area contributed by atoms with Gasteiger partial charge in [-0.1, -0.05) is 97.3 Å². The van der Waals surface area contributed by atoms with E-state index in [2.05, 4.69) is 113 Å². The molecule has 4 rings (SSSR count). The molecule has 2 nitrogen and oxygen atoms in total. The summed E-state index contributed by atoms with van der Waals surface area (Å²) in [6.07, 6.45) is 21.5. The van der Waals surface area contributed by atoms with E-state index in [-0.39, 0.29) is 33.1 Å². The van der Waals surface area contributed by atoms with Crippen LogP contribution in [0.3, 0.4) is 0 Å². The van der Waals surface area contributed by atoms with Gasteiger partial charge in [-0.15, -0.1) is 12.3 Å². The van der Waals surface area contributed by atoms with Gasteiger partial charge >= 0.3 is 0 Å². The minimum absolute atomic E-state index is 0.0338. The average molecular weight is 595 g/mol. The highest BCUT2D eigenvalue weighted by molar-refractivity contribution is 6.74. The lowest BCUT2D eigenvalue weighted by Crippen LogP contribution is -2.58. The van der Waals surface area contributed by atoms with Crippen molar-refractivity contribution in [3.8, 4) is 12.3 Å². The molecular formula is C37H62O2Si2. The minimum atomic E-state index is -1.99. The Morgan fingerprint density at radius 2 is 1.59 bits per heavy atom. The summed E-state index contributed by atoms with van der Waals surface area (Å²) in [5, 5.41) is 0.383. The molecule has 0 amide bonds. The maximum Gasteiger partial charge on any atom is 0.192 e. The Balaban J connectivity index is 1.71. The lowest BCUT2D eigenvalue weighted by atomic mass is 9.49. The standard InChI is InChI=1S/C37H62O2Si2/c1-15-16-17-26(2)30-20-21-31-29-19-18-27-24-28(38-40(11,12)34(3,4)5)25-33(39-41(13,14)35(6,7)8)37(27,10)32(29)22-23-36(30,31)9/h1,18-20,26,28,31-33H,16-17,21-25H2,2-14H3/t26?,28?,31-,32-,33?,36+,37-/m0/s1. The van der Waals surface area contributed by atoms with Crippen LogP contribution in [0, 0.1) is 40.9 Å². The fraction of sp³-hybridized carbons (Fsp3) is 0.784. The molecule has 0 bridgehead atoms. The minimum Gasteiger partial charge on any atom is -0.414 e. The zero-order valence-corrected chi connectivity index (χ0v) is 31.0. The van der Waals surface area contributed by atoms with Gasteiger partial charge in [-0.3, -0.25) is 0 Å². The van der Waals surface area contributed by atoms with Crippen molar-refractivity contribution in [2.45, 2.75) is 156 Å². The normalized spacial score (nSPS) is 34.9. The lowest BCUT2D eigenvalue weighted by Gasteiger charge is -2.59. The second-order valence-electron chi connectivity index (χ2n) is 17.5. The third-order valence-corrected chi connectivity index (χ3v) is 22.0. The van der Waals surface area contributed by atoms with E-state index in [0.717, 1.165) is 25.7 Å². The second-order valence-corrected chi connectivity index (χ2v) is 27.1. The van der Waals surface area contributed by atoms with Crippen molar-refractivity contribution in [1.82, 2.24) is 0 Å². The second kappa shape index (κ2) is 10.9. The van der Waals surface area contributed by atoms with E-state index >= 15 is 0 Å². The largest absolute Gasteiger partial charge is 0.414 e. The molecule has 0 aromatic carbocycles. The number of terminal acetylenes is 1. The van der Waals surface area contributed by atoms with Crippen LogP contribution in [0.4, 0.5) is 0 Å². The molecule has 0 spiro atoms. The fourth-order valence-corrected chi connectivity index (χ4v) is 11.0. The van der Waals surface area contributed by atoms with Crippen molar-refractivity contribution >= 4 is 16.6 Å². The van der Waals surface area contributed by atoms with Crippen LogP contribution in [0.5, 0.6) is 0 Å². The summed E-state index contributed by atoms with van der Waals surface area (Å²) in [4.78, 5) is 0. The van der Waals surface area contributed by atoms with Crippen LogP contribution >= 0.6 is 0 Å². The summed E-state index contributed by atoms with van der Waals surface area (Å²) < 4.78 is 14.7. The maximum atomic E-state index is 7.51. The molecule has 41 heavy (non-hydrogen) atoms. The van der Waals surface area contributed by atoms with Gasteiger partial charge in [0, 0.05) is 11.8 Å². The van der Waals surface area contributed by atoms with Gasteiger partial charge in [0.05, 0.1) is 12.2 Å². The highest BCUT2D eigenvalue weighted by Gasteiger charge is 2.59. The first-order chi connectivity index (χ1) is 18.7. The predicted molar refractivity (Wildman–Crippen MR) is 182 cm³/mol. The predicted octanol–water partition coefficient (Wildman–Crippen LogP) is 10.8. The summed E-state index contributed by atoms with van der Waals surface area (Å²) in [6, 6.07) is 0. The van der Waals surface area contributed by atoms with Crippen LogP contribution < -0.4 is 0 Å². The lowest BCUT2D eigenvalue weighted by molar-refractivity contribution is -0.0389. The molecule has 0 N–H and O–H groups in total. The number of hydrogen-bond acceptors (Lipinski definition) is 2. The van der Waals surface area contributed by atoms with Crippen molar-refractivity contribution in [2.24, 2.45) is 28.6 Å². The number of fused-ring (bicyclic) bond motifs is 5. The molecule has 0 aromatic heterocycles. The molecule has 3 unspecified atom stereocenters. The third-order valence-electron chi connectivity index (χ3n) is 13.0. The van der Waals surface area contributed by atoms with E-state index in [1.165, 1.54) is 19.3 Å². The van der Waals surface area contributed by atoms with E-state index < -0.39 is 16.6 Å². The van der Waals surface area contributed by atoms with E-state index in [0.29, 0.717) is 17.8 Å². The van der Waals surface area contributed by atoms with Crippen molar-refractivity contribution in [3.63, 3.8) is 0 Å². The van der Waals surface area contributed by atoms with E-state index in [1.807, 2.05) is 0 Å². The molecule has 4 heteroatoms. The van der Waals surface area contributed by atoms with E-state index in [9.17, 15) is 0 Å². The topological polar surface area (TPSA) is 18.5 Å². The van der Waals surface area contributed by atoms with Gasteiger partial charge in [0.2, 0.25) is 0 Å². The maximum absolute atomic E-state index is 7.51. The third kappa shape index (κ3) is 5.72. The van der Waals surface area contributed by atoms with E-state index in [4.69, 9.17) is 15.3 Å². The molecule has 0 heterocycles. The molecule has 0 saturated heterocycles. The van der Waals surface area contributed by atoms with Crippen molar-refractivity contribution in [2.75, 3.05) is 0 Å². The van der Waals surface area contributed by atoms with E-state index in [1.54, 1.807) is 16.7 Å². The first-order valence-corrected chi connectivity index (χ1v) is 22.4. The molecule has 2 saturated carbocycles. The number of allylic oxidation sites excluding steroid dienone is 5. The average Bonchev–Trinajstić information content (AvgIpc) is 3.19. The Morgan fingerprint density at radius 1 is 0.976 bits per heavy atom. The highest BCUT2D eigenvalue weighted by Crippen LogP contribution is 2.65. The van der Waals surface area contributed by atoms with Crippen LogP contribution in [0.2, 0.25) is 36.3 Å². The van der Waals surface area contributed by atoms with Crippen molar-refractivity contribution in [3.05, 3.63) is 34.9 Å². The first kappa shape index (κ1) is 33.0. The van der Waals surface area contributed by atoms with Crippen LogP contribution in [0.1, 0.15) is 107 Å². The van der Waals surface area contributed by atoms with Gasteiger partial charge in [-0.2, -0.15) is 0 Å². The van der Waals surface area contributed by atoms with Gasteiger partial charge in [-0.25, -0.2) is 0 Å². The first-order valence-electron chi connectivity index (χ1n) is 16.6. The molecule has 4 aliphatic rings. The van der Waals surface area contributed by atoms with Gasteiger partial charge < -0.3 is 8.85 Å². The highest BCUT2D eigenvalue weighted by atomic mass is 28.4. The zero-order valence-electron chi connectivity index (χ0n) is 29.0. The SMILES string of the molecule is C#CCCC(C)C1=CC[C@H]2C3=CC=C4CC(O[Si](C)(C)C(C)(C)C)CC(O[Si](C)(C)C(C)(C)C)[C@]4(C)[C@H]3CC[C@]12C. The molecule has 2 fully saturated rings. The van der Waals surface area contributed by atoms with Crippen LogP contribution in [0.25, 0.3) is 0 Å². The monoisotopic (exact) mass is 594 g/mol. The summed E-state index contributed by atoms with van der Waals surface area (Å²) in [5.74, 6) is 4.61. The Labute approximate surface area is 256 Å². The zero-order chi connectivity index (χ0) is 30.8. The number of rotatable bonds is 7. The van der Waals surface area contributed by atoms with Crippen molar-refractivity contribution in [1.29, 1.82) is 0 Å². The van der Waals surface area contributed by atoms with Crippen molar-refractivity contribution < 1.29 is 8.85 Å². The quantitative estimate of drug-likeness (QED) is 0.166. The van der Waals surface area contributed by atoms with Gasteiger partial charge in [-0.05, 0) is 98.0 Å². The number of hydrogen-bond donors (Lipinski definition) is 0. The summed E-state index contributed by atoms with van der Waals surface area (Å²) in [7, 11) is -3.89. The Morgan fingerprint density at radius 3 is 2.17 bits per heavy atom. The summed E-state index contributed by atoms with van der Waals surface area (Å²) in [6.45, 7) is 31.5. The van der Waals surface area contributed by atoms with Crippen LogP contribution in [-0.4, -0.2) is 28.8 Å². The van der Waals surface area contributed by atoms with Gasteiger partial charge in [0.25, 0.3) is 0 Å². The Bertz CT molecular complexity index is 1140.